The van der Waals surface area contributed by atoms with Gasteiger partial charge in [0.15, 0.2) is 0 Å². The molecule has 0 aromatic heterocycles. The minimum Gasteiger partial charge on any atom is -0.326 e. The second-order valence-electron chi connectivity index (χ2n) is 2.30. The minimum absolute atomic E-state index is 0. The Morgan fingerprint density at radius 1 is 1.50 bits per heavy atom. The maximum atomic E-state index is 10.9. The van der Waals surface area contributed by atoms with Gasteiger partial charge in [0.05, 0.1) is 0 Å². The molecule has 12 heavy (non-hydrogen) atoms. The van der Waals surface area contributed by atoms with E-state index >= 15 is 0 Å². The van der Waals surface area contributed by atoms with Gasteiger partial charge in [0.1, 0.15) is 6.04 Å². The molecule has 0 bridgehead atoms. The molecule has 1 unspecified atom stereocenters. The van der Waals surface area contributed by atoms with E-state index in [9.17, 15) is 9.59 Å². The Balaban J connectivity index is 0.00000121. The van der Waals surface area contributed by atoms with Crippen molar-refractivity contribution in [3.63, 3.8) is 0 Å². The Bertz CT molecular complexity index is 188. The summed E-state index contributed by atoms with van der Waals surface area (Å²) in [6, 6.07) is -0.684. The number of hydrogen-bond donors (Lipinski definition) is 2. The van der Waals surface area contributed by atoms with Crippen molar-refractivity contribution in [3.8, 4) is 0 Å². The number of nitrogens with one attached hydrogen (secondary N) is 2. The Morgan fingerprint density at radius 2 is 2.17 bits per heavy atom. The SMILES string of the molecule is CSCCC1NC(=O)NC1=O.[K]. The van der Waals surface area contributed by atoms with Gasteiger partial charge in [0, 0.05) is 51.4 Å². The zero-order valence-electron chi connectivity index (χ0n) is 7.22. The number of hydrogen-bond acceptors (Lipinski definition) is 3. The molecule has 2 N–H and O–H groups in total. The molecule has 1 rings (SSSR count). The van der Waals surface area contributed by atoms with Gasteiger partial charge < -0.3 is 5.32 Å². The molecule has 3 amide bonds. The van der Waals surface area contributed by atoms with E-state index in [1.807, 2.05) is 6.26 Å². The van der Waals surface area contributed by atoms with Crippen LogP contribution in [-0.4, -0.2) is 81.4 Å². The first-order valence-corrected chi connectivity index (χ1v) is 4.73. The number of carbonyl (C=O) groups excluding carboxylic acids is 2. The summed E-state index contributed by atoms with van der Waals surface area (Å²) in [4.78, 5) is 21.5. The number of thioether (sulfide) groups is 1. The van der Waals surface area contributed by atoms with Gasteiger partial charge in [0.2, 0.25) is 0 Å². The summed E-state index contributed by atoms with van der Waals surface area (Å²) in [6.45, 7) is 0. The first-order valence-electron chi connectivity index (χ1n) is 3.34. The third-order valence-corrected chi connectivity index (χ3v) is 2.11. The predicted molar refractivity (Wildman–Crippen MR) is 49.2 cm³/mol. The van der Waals surface area contributed by atoms with Crippen LogP contribution in [0.2, 0.25) is 0 Å². The number of carbonyl (C=O) groups is 2. The van der Waals surface area contributed by atoms with Crippen LogP contribution in [0.5, 0.6) is 0 Å². The summed E-state index contributed by atoms with van der Waals surface area (Å²) in [6.07, 6.45) is 2.67. The monoisotopic (exact) mass is 213 g/mol. The van der Waals surface area contributed by atoms with E-state index in [0.717, 1.165) is 5.75 Å². The summed E-state index contributed by atoms with van der Waals surface area (Å²) in [5.41, 5.74) is 0. The molecular weight excluding hydrogens is 203 g/mol. The average Bonchev–Trinajstić information content (AvgIpc) is 2.26. The van der Waals surface area contributed by atoms with Gasteiger partial charge in [-0.2, -0.15) is 11.8 Å². The van der Waals surface area contributed by atoms with Crippen LogP contribution in [0.25, 0.3) is 0 Å². The van der Waals surface area contributed by atoms with Crippen LogP contribution in [0.3, 0.4) is 0 Å². The van der Waals surface area contributed by atoms with Crippen LogP contribution in [0.1, 0.15) is 6.42 Å². The summed E-state index contributed by atoms with van der Waals surface area (Å²) < 4.78 is 0. The van der Waals surface area contributed by atoms with Crippen LogP contribution in [0, 0.1) is 0 Å². The van der Waals surface area contributed by atoms with Crippen molar-refractivity contribution in [1.29, 1.82) is 0 Å². The molecular formula is C6H10KN2O2S. The van der Waals surface area contributed by atoms with E-state index in [2.05, 4.69) is 10.6 Å². The fourth-order valence-corrected chi connectivity index (χ4v) is 1.37. The molecule has 1 heterocycles. The maximum absolute atomic E-state index is 10.9. The predicted octanol–water partition coefficient (Wildman–Crippen LogP) is -0.433. The van der Waals surface area contributed by atoms with E-state index in [1.54, 1.807) is 11.8 Å². The molecule has 1 aliphatic heterocycles. The first kappa shape index (κ1) is 12.9. The Morgan fingerprint density at radius 3 is 2.58 bits per heavy atom. The zero-order chi connectivity index (χ0) is 8.27. The van der Waals surface area contributed by atoms with Crippen molar-refractivity contribution in [3.05, 3.63) is 0 Å². The third kappa shape index (κ3) is 3.76. The van der Waals surface area contributed by atoms with Gasteiger partial charge in [-0.25, -0.2) is 4.79 Å². The minimum atomic E-state index is -0.374. The molecule has 0 aliphatic carbocycles. The normalized spacial score (nSPS) is 21.2. The first-order chi connectivity index (χ1) is 5.24. The molecule has 0 aromatic rings. The van der Waals surface area contributed by atoms with E-state index in [0.29, 0.717) is 6.42 Å². The summed E-state index contributed by atoms with van der Waals surface area (Å²) >= 11 is 1.66. The van der Waals surface area contributed by atoms with Crippen molar-refractivity contribution in [1.82, 2.24) is 10.6 Å². The average molecular weight is 213 g/mol. The summed E-state index contributed by atoms with van der Waals surface area (Å²) in [5.74, 6) is 0.683. The van der Waals surface area contributed by atoms with Crippen LogP contribution in [0.4, 0.5) is 4.79 Å². The third-order valence-electron chi connectivity index (χ3n) is 1.47. The molecule has 0 aromatic carbocycles. The van der Waals surface area contributed by atoms with Gasteiger partial charge in [-0.05, 0) is 18.4 Å². The van der Waals surface area contributed by atoms with Crippen molar-refractivity contribution in [2.24, 2.45) is 0 Å². The molecule has 6 heteroatoms. The van der Waals surface area contributed by atoms with E-state index in [-0.39, 0.29) is 69.4 Å². The number of amides is 3. The van der Waals surface area contributed by atoms with Crippen LogP contribution in [0.15, 0.2) is 0 Å². The van der Waals surface area contributed by atoms with Crippen LogP contribution < -0.4 is 10.6 Å². The smallest absolute Gasteiger partial charge is 0.322 e. The molecule has 1 fully saturated rings. The van der Waals surface area contributed by atoms with Gasteiger partial charge in [-0.15, -0.1) is 0 Å². The van der Waals surface area contributed by atoms with E-state index < -0.39 is 0 Å². The van der Waals surface area contributed by atoms with E-state index in [4.69, 9.17) is 0 Å². The van der Waals surface area contributed by atoms with Gasteiger partial charge in [0.25, 0.3) is 5.91 Å². The second kappa shape index (κ2) is 6.39. The molecule has 0 saturated carbocycles. The Kier molecular flexibility index (Phi) is 6.88. The molecule has 1 aliphatic rings. The fraction of sp³-hybridized carbons (Fsp3) is 0.667. The summed E-state index contributed by atoms with van der Waals surface area (Å²) in [5, 5.41) is 4.70. The zero-order valence-corrected chi connectivity index (χ0v) is 11.2. The Labute approximate surface area is 118 Å². The number of urea groups is 1. The maximum Gasteiger partial charge on any atom is 0.322 e. The van der Waals surface area contributed by atoms with Crippen molar-refractivity contribution in [2.45, 2.75) is 12.5 Å². The molecule has 1 atom stereocenters. The topological polar surface area (TPSA) is 58.2 Å². The quantitative estimate of drug-likeness (QED) is 0.494. The van der Waals surface area contributed by atoms with Crippen LogP contribution in [-0.2, 0) is 4.79 Å². The van der Waals surface area contributed by atoms with E-state index in [1.165, 1.54) is 0 Å². The number of rotatable bonds is 3. The van der Waals surface area contributed by atoms with Gasteiger partial charge >= 0.3 is 6.03 Å². The molecule has 1 saturated heterocycles. The second-order valence-corrected chi connectivity index (χ2v) is 3.28. The van der Waals surface area contributed by atoms with Crippen molar-refractivity contribution in [2.75, 3.05) is 12.0 Å². The summed E-state index contributed by atoms with van der Waals surface area (Å²) in [7, 11) is 0. The molecule has 1 radical (unpaired) electrons. The standard InChI is InChI=1S/C6H10N2O2S.K/c1-11-3-2-4-5(9)8-6(10)7-4;/h4H,2-3H2,1H3,(H2,7,8,9,10);. The molecule has 4 nitrogen and oxygen atoms in total. The van der Waals surface area contributed by atoms with Crippen LogP contribution >= 0.6 is 11.8 Å². The Hall–Kier alpha value is 0.926. The van der Waals surface area contributed by atoms with Crippen molar-refractivity contribution >= 4 is 75.1 Å². The molecule has 0 spiro atoms. The van der Waals surface area contributed by atoms with Gasteiger partial charge in [-0.1, -0.05) is 0 Å². The number of imide groups is 1. The van der Waals surface area contributed by atoms with Gasteiger partial charge in [-0.3, -0.25) is 10.1 Å². The molecule has 63 valence electrons. The fourth-order valence-electron chi connectivity index (χ4n) is 0.898. The van der Waals surface area contributed by atoms with Crippen molar-refractivity contribution < 1.29 is 9.59 Å². The largest absolute Gasteiger partial charge is 0.326 e.